The summed E-state index contributed by atoms with van der Waals surface area (Å²) in [5.74, 6) is 1.03. The molecule has 1 aromatic rings. The minimum Gasteiger partial charge on any atom is -0.390 e. The number of hydrogen-bond donors (Lipinski definition) is 3. The Morgan fingerprint density at radius 1 is 0.864 bits per heavy atom. The molecule has 126 valence electrons. The molecule has 0 saturated heterocycles. The Kier molecular flexibility index (Phi) is 7.04. The molecule has 1 aromatic carbocycles. The van der Waals surface area contributed by atoms with Crippen molar-refractivity contribution in [3.8, 4) is 0 Å². The van der Waals surface area contributed by atoms with Crippen LogP contribution >= 0.6 is 0 Å². The highest BCUT2D eigenvalue weighted by Gasteiger charge is 2.26. The Morgan fingerprint density at radius 3 is 1.64 bits per heavy atom. The van der Waals surface area contributed by atoms with Crippen LogP contribution in [0.1, 0.15) is 94.1 Å². The second kappa shape index (κ2) is 8.09. The minimum atomic E-state index is -0.875. The lowest BCUT2D eigenvalue weighted by Gasteiger charge is -2.28. The molecule has 2 unspecified atom stereocenters. The van der Waals surface area contributed by atoms with Gasteiger partial charge < -0.3 is 15.9 Å². The van der Waals surface area contributed by atoms with E-state index < -0.39 is 12.2 Å². The zero-order valence-electron chi connectivity index (χ0n) is 14.9. The van der Waals surface area contributed by atoms with E-state index in [2.05, 4.69) is 53.7 Å². The van der Waals surface area contributed by atoms with Gasteiger partial charge in [-0.1, -0.05) is 53.7 Å². The molecule has 22 heavy (non-hydrogen) atoms. The van der Waals surface area contributed by atoms with Gasteiger partial charge in [-0.05, 0) is 53.0 Å². The van der Waals surface area contributed by atoms with E-state index in [1.54, 1.807) is 0 Å². The number of benzene rings is 1. The van der Waals surface area contributed by atoms with Crippen LogP contribution in [0.2, 0.25) is 0 Å². The summed E-state index contributed by atoms with van der Waals surface area (Å²) in [4.78, 5) is 0. The number of aliphatic hydroxyl groups excluding tert-OH is 2. The summed E-state index contributed by atoms with van der Waals surface area (Å²) in [5, 5.41) is 20.9. The number of aliphatic hydroxyl groups is 2. The van der Waals surface area contributed by atoms with E-state index in [1.807, 2.05) is 0 Å². The van der Waals surface area contributed by atoms with Gasteiger partial charge in [0.05, 0.1) is 6.10 Å². The summed E-state index contributed by atoms with van der Waals surface area (Å²) >= 11 is 0. The van der Waals surface area contributed by atoms with Gasteiger partial charge in [0.1, 0.15) is 6.10 Å². The van der Waals surface area contributed by atoms with Crippen LogP contribution in [0.15, 0.2) is 12.1 Å². The SMILES string of the molecule is CC(C)c1cc(C(C)C)c(C(O)C(O)CCN)c(C(C)C)c1. The van der Waals surface area contributed by atoms with Crippen LogP contribution in [-0.4, -0.2) is 22.9 Å². The molecule has 4 N–H and O–H groups in total. The fourth-order valence-corrected chi connectivity index (χ4v) is 2.87. The second-order valence-electron chi connectivity index (χ2n) is 7.17. The summed E-state index contributed by atoms with van der Waals surface area (Å²) in [5.41, 5.74) is 10.00. The highest BCUT2D eigenvalue weighted by atomic mass is 16.3. The average Bonchev–Trinajstić information content (AvgIpc) is 2.44. The Labute approximate surface area is 135 Å². The number of rotatable bonds is 7. The lowest BCUT2D eigenvalue weighted by atomic mass is 9.81. The van der Waals surface area contributed by atoms with Crippen molar-refractivity contribution in [1.29, 1.82) is 0 Å². The molecule has 3 nitrogen and oxygen atoms in total. The van der Waals surface area contributed by atoms with Crippen molar-refractivity contribution in [2.75, 3.05) is 6.54 Å². The molecular weight excluding hydrogens is 274 g/mol. The standard InChI is InChI=1S/C19H33NO2/c1-11(2)14-9-15(12(3)4)18(16(10-14)13(5)6)19(22)17(21)7-8-20/h9-13,17,19,21-22H,7-8,20H2,1-6H3. The van der Waals surface area contributed by atoms with Crippen molar-refractivity contribution in [2.45, 2.75) is 77.9 Å². The molecule has 3 heteroatoms. The molecule has 0 spiro atoms. The third-order valence-electron chi connectivity index (χ3n) is 4.30. The van der Waals surface area contributed by atoms with E-state index in [9.17, 15) is 10.2 Å². The molecule has 2 atom stereocenters. The van der Waals surface area contributed by atoms with Crippen molar-refractivity contribution in [3.63, 3.8) is 0 Å². The van der Waals surface area contributed by atoms with E-state index in [0.717, 1.165) is 16.7 Å². The number of nitrogens with two attached hydrogens (primary N) is 1. The van der Waals surface area contributed by atoms with Gasteiger partial charge in [0.2, 0.25) is 0 Å². The van der Waals surface area contributed by atoms with E-state index >= 15 is 0 Å². The first-order valence-electron chi connectivity index (χ1n) is 8.44. The Balaban J connectivity index is 3.50. The minimum absolute atomic E-state index is 0.297. The Bertz CT molecular complexity index is 451. The summed E-state index contributed by atoms with van der Waals surface area (Å²) in [6.07, 6.45) is -1.29. The lowest BCUT2D eigenvalue weighted by Crippen LogP contribution is -2.24. The molecule has 0 aromatic heterocycles. The highest BCUT2D eigenvalue weighted by molar-refractivity contribution is 5.45. The van der Waals surface area contributed by atoms with Crippen LogP contribution in [0, 0.1) is 0 Å². The maximum atomic E-state index is 10.7. The lowest BCUT2D eigenvalue weighted by molar-refractivity contribution is 0.0137. The maximum absolute atomic E-state index is 10.7. The fraction of sp³-hybridized carbons (Fsp3) is 0.684. The van der Waals surface area contributed by atoms with Gasteiger partial charge in [-0.3, -0.25) is 0 Å². The van der Waals surface area contributed by atoms with Crippen LogP contribution in [0.4, 0.5) is 0 Å². The zero-order valence-corrected chi connectivity index (χ0v) is 14.9. The quantitative estimate of drug-likeness (QED) is 0.718. The topological polar surface area (TPSA) is 66.5 Å². The molecule has 0 saturated carbocycles. The van der Waals surface area contributed by atoms with Crippen molar-refractivity contribution in [3.05, 3.63) is 34.4 Å². The van der Waals surface area contributed by atoms with Crippen LogP contribution in [0.25, 0.3) is 0 Å². The van der Waals surface area contributed by atoms with Gasteiger partial charge in [0, 0.05) is 0 Å². The van der Waals surface area contributed by atoms with Crippen LogP contribution < -0.4 is 5.73 Å². The smallest absolute Gasteiger partial charge is 0.105 e. The third kappa shape index (κ3) is 4.31. The van der Waals surface area contributed by atoms with E-state index in [-0.39, 0.29) is 0 Å². The summed E-state index contributed by atoms with van der Waals surface area (Å²) in [7, 11) is 0. The Morgan fingerprint density at radius 2 is 1.32 bits per heavy atom. The highest BCUT2D eigenvalue weighted by Crippen LogP contribution is 2.37. The van der Waals surface area contributed by atoms with Gasteiger partial charge in [0.25, 0.3) is 0 Å². The molecule has 0 aliphatic rings. The van der Waals surface area contributed by atoms with Crippen molar-refractivity contribution >= 4 is 0 Å². The molecule has 1 rings (SSSR count). The normalized spacial score (nSPS) is 14.9. The summed E-state index contributed by atoms with van der Waals surface area (Å²) in [6.45, 7) is 13.3. The third-order valence-corrected chi connectivity index (χ3v) is 4.30. The molecule has 0 amide bonds. The zero-order chi connectivity index (χ0) is 17.0. The van der Waals surface area contributed by atoms with Crippen molar-refractivity contribution in [1.82, 2.24) is 0 Å². The van der Waals surface area contributed by atoms with Gasteiger partial charge in [-0.25, -0.2) is 0 Å². The predicted molar refractivity (Wildman–Crippen MR) is 93.3 cm³/mol. The van der Waals surface area contributed by atoms with Crippen LogP contribution in [0.3, 0.4) is 0 Å². The summed E-state index contributed by atoms with van der Waals surface area (Å²) in [6, 6.07) is 4.38. The van der Waals surface area contributed by atoms with Crippen molar-refractivity contribution < 1.29 is 10.2 Å². The van der Waals surface area contributed by atoms with Gasteiger partial charge >= 0.3 is 0 Å². The first-order chi connectivity index (χ1) is 10.2. The van der Waals surface area contributed by atoms with E-state index in [4.69, 9.17) is 5.73 Å². The fourth-order valence-electron chi connectivity index (χ4n) is 2.87. The second-order valence-corrected chi connectivity index (χ2v) is 7.17. The maximum Gasteiger partial charge on any atom is 0.105 e. The molecule has 0 aliphatic carbocycles. The van der Waals surface area contributed by atoms with Gasteiger partial charge in [-0.15, -0.1) is 0 Å². The number of hydrogen-bond acceptors (Lipinski definition) is 3. The molecule has 0 heterocycles. The Hall–Kier alpha value is -0.900. The average molecular weight is 307 g/mol. The summed E-state index contributed by atoms with van der Waals surface area (Å²) < 4.78 is 0. The van der Waals surface area contributed by atoms with E-state index in [1.165, 1.54) is 5.56 Å². The van der Waals surface area contributed by atoms with Crippen molar-refractivity contribution in [2.24, 2.45) is 5.73 Å². The van der Waals surface area contributed by atoms with Crippen LogP contribution in [-0.2, 0) is 0 Å². The molecule has 0 aliphatic heterocycles. The first-order valence-corrected chi connectivity index (χ1v) is 8.44. The predicted octanol–water partition coefficient (Wildman–Crippen LogP) is 3.80. The molecule has 0 radical (unpaired) electrons. The molecule has 0 fully saturated rings. The first kappa shape index (κ1) is 19.1. The van der Waals surface area contributed by atoms with Gasteiger partial charge in [-0.2, -0.15) is 0 Å². The molecular formula is C19H33NO2. The monoisotopic (exact) mass is 307 g/mol. The van der Waals surface area contributed by atoms with E-state index in [0.29, 0.717) is 30.7 Å². The molecule has 0 bridgehead atoms. The van der Waals surface area contributed by atoms with Crippen LogP contribution in [0.5, 0.6) is 0 Å². The largest absolute Gasteiger partial charge is 0.390 e. The van der Waals surface area contributed by atoms with Gasteiger partial charge in [0.15, 0.2) is 0 Å².